The van der Waals surface area contributed by atoms with Crippen LogP contribution >= 0.6 is 11.6 Å². The molecule has 1 aliphatic rings. The number of hydrogen-bond donors (Lipinski definition) is 0. The van der Waals surface area contributed by atoms with E-state index in [2.05, 4.69) is 27.5 Å². The summed E-state index contributed by atoms with van der Waals surface area (Å²) in [6.07, 6.45) is 6.85. The van der Waals surface area contributed by atoms with E-state index in [0.29, 0.717) is 17.9 Å². The van der Waals surface area contributed by atoms with Crippen molar-refractivity contribution in [1.29, 1.82) is 0 Å². The molecular formula is C15H20ClN3O. The van der Waals surface area contributed by atoms with Crippen molar-refractivity contribution in [1.82, 2.24) is 14.5 Å². The van der Waals surface area contributed by atoms with E-state index in [-0.39, 0.29) is 6.10 Å². The summed E-state index contributed by atoms with van der Waals surface area (Å²) in [5.41, 5.74) is 2.13. The van der Waals surface area contributed by atoms with Crippen molar-refractivity contribution >= 4 is 22.6 Å². The van der Waals surface area contributed by atoms with Gasteiger partial charge in [-0.1, -0.05) is 12.8 Å². The van der Waals surface area contributed by atoms with Gasteiger partial charge in [0, 0.05) is 29.9 Å². The highest BCUT2D eigenvalue weighted by atomic mass is 35.5. The Labute approximate surface area is 124 Å². The molecule has 5 heteroatoms. The van der Waals surface area contributed by atoms with Crippen LogP contribution in [-0.2, 0) is 4.74 Å². The first-order valence-corrected chi connectivity index (χ1v) is 7.73. The van der Waals surface area contributed by atoms with Crippen LogP contribution in [0.15, 0.2) is 12.3 Å². The summed E-state index contributed by atoms with van der Waals surface area (Å²) in [7, 11) is 0. The molecule has 0 saturated heterocycles. The predicted octanol–water partition coefficient (Wildman–Crippen LogP) is 4.30. The summed E-state index contributed by atoms with van der Waals surface area (Å²) < 4.78 is 8.12. The average Bonchev–Trinajstić information content (AvgIpc) is 3.04. The smallest absolute Gasteiger partial charge is 0.224 e. The van der Waals surface area contributed by atoms with Gasteiger partial charge in [0.25, 0.3) is 0 Å². The van der Waals surface area contributed by atoms with E-state index in [4.69, 9.17) is 16.3 Å². The third-order valence-electron chi connectivity index (χ3n) is 4.10. The summed E-state index contributed by atoms with van der Waals surface area (Å²) in [5, 5.41) is 1.35. The lowest BCUT2D eigenvalue weighted by Gasteiger charge is -2.20. The monoisotopic (exact) mass is 293 g/mol. The third kappa shape index (κ3) is 2.42. The van der Waals surface area contributed by atoms with Crippen LogP contribution in [0.3, 0.4) is 0 Å². The fraction of sp³-hybridized carbons (Fsp3) is 0.600. The van der Waals surface area contributed by atoms with Gasteiger partial charge in [0.1, 0.15) is 5.65 Å². The maximum absolute atomic E-state index is 5.98. The Balaban J connectivity index is 2.14. The van der Waals surface area contributed by atoms with Gasteiger partial charge in [0.05, 0.1) is 6.10 Å². The van der Waals surface area contributed by atoms with Crippen LogP contribution in [-0.4, -0.2) is 21.1 Å². The second kappa shape index (κ2) is 5.70. The number of nitrogens with zero attached hydrogens (tertiary/aromatic N) is 3. The Morgan fingerprint density at radius 2 is 2.20 bits per heavy atom. The van der Waals surface area contributed by atoms with Crippen LogP contribution in [0.2, 0.25) is 5.28 Å². The Morgan fingerprint density at radius 3 is 2.90 bits per heavy atom. The molecule has 1 fully saturated rings. The van der Waals surface area contributed by atoms with Crippen molar-refractivity contribution in [3.05, 3.63) is 23.2 Å². The molecule has 0 N–H and O–H groups in total. The van der Waals surface area contributed by atoms with E-state index < -0.39 is 0 Å². The van der Waals surface area contributed by atoms with Crippen LogP contribution in [0.1, 0.15) is 57.4 Å². The van der Waals surface area contributed by atoms with Crippen LogP contribution in [0.4, 0.5) is 0 Å². The highest BCUT2D eigenvalue weighted by Gasteiger charge is 2.25. The zero-order valence-corrected chi connectivity index (χ0v) is 12.7. The highest BCUT2D eigenvalue weighted by Crippen LogP contribution is 2.36. The van der Waals surface area contributed by atoms with Crippen LogP contribution in [0.5, 0.6) is 0 Å². The van der Waals surface area contributed by atoms with Crippen LogP contribution in [0, 0.1) is 0 Å². The van der Waals surface area contributed by atoms with Gasteiger partial charge in [0.2, 0.25) is 5.28 Å². The molecular weight excluding hydrogens is 274 g/mol. The molecule has 2 aromatic rings. The van der Waals surface area contributed by atoms with Crippen molar-refractivity contribution in [2.75, 3.05) is 6.61 Å². The molecule has 108 valence electrons. The second-order valence-corrected chi connectivity index (χ2v) is 5.73. The Kier molecular flexibility index (Phi) is 3.94. The minimum atomic E-state index is 0.0635. The lowest BCUT2D eigenvalue weighted by atomic mass is 10.2. The first kappa shape index (κ1) is 13.8. The molecule has 0 amide bonds. The minimum Gasteiger partial charge on any atom is -0.373 e. The number of rotatable bonds is 4. The second-order valence-electron chi connectivity index (χ2n) is 5.39. The Hall–Kier alpha value is -1.13. The largest absolute Gasteiger partial charge is 0.373 e. The maximum atomic E-state index is 5.98. The van der Waals surface area contributed by atoms with Crippen molar-refractivity contribution in [3.8, 4) is 0 Å². The van der Waals surface area contributed by atoms with Crippen molar-refractivity contribution in [3.63, 3.8) is 0 Å². The summed E-state index contributed by atoms with van der Waals surface area (Å²) in [6, 6.07) is 2.65. The molecule has 0 aliphatic heterocycles. The van der Waals surface area contributed by atoms with Gasteiger partial charge >= 0.3 is 0 Å². The van der Waals surface area contributed by atoms with E-state index in [1.54, 1.807) is 6.20 Å². The molecule has 0 spiro atoms. The molecule has 2 heterocycles. The number of ether oxygens (including phenoxy) is 1. The van der Waals surface area contributed by atoms with E-state index in [1.165, 1.54) is 31.4 Å². The molecule has 1 atom stereocenters. The van der Waals surface area contributed by atoms with E-state index >= 15 is 0 Å². The zero-order chi connectivity index (χ0) is 14.1. The van der Waals surface area contributed by atoms with Crippen molar-refractivity contribution in [2.24, 2.45) is 0 Å². The normalized spacial score (nSPS) is 17.9. The summed E-state index contributed by atoms with van der Waals surface area (Å²) in [4.78, 5) is 8.54. The lowest BCUT2D eigenvalue weighted by molar-refractivity contribution is 0.0699. The zero-order valence-electron chi connectivity index (χ0n) is 12.0. The maximum Gasteiger partial charge on any atom is 0.224 e. The van der Waals surface area contributed by atoms with Gasteiger partial charge in [-0.2, -0.15) is 4.98 Å². The standard InChI is InChI=1S/C15H20ClN3O/c1-3-20-10(2)13-8-11-9-17-15(16)18-14(11)19(13)12-6-4-5-7-12/h8-10,12H,3-7H2,1-2H3. The van der Waals surface area contributed by atoms with E-state index in [0.717, 1.165) is 11.0 Å². The first-order chi connectivity index (χ1) is 9.70. The fourth-order valence-electron chi connectivity index (χ4n) is 3.20. The molecule has 0 radical (unpaired) electrons. The highest BCUT2D eigenvalue weighted by molar-refractivity contribution is 6.28. The number of hydrogen-bond acceptors (Lipinski definition) is 3. The lowest BCUT2D eigenvalue weighted by Crippen LogP contribution is -2.13. The topological polar surface area (TPSA) is 39.9 Å². The van der Waals surface area contributed by atoms with Crippen molar-refractivity contribution < 1.29 is 4.74 Å². The summed E-state index contributed by atoms with van der Waals surface area (Å²) >= 11 is 5.98. The summed E-state index contributed by atoms with van der Waals surface area (Å²) in [6.45, 7) is 4.83. The number of halogens is 1. The summed E-state index contributed by atoms with van der Waals surface area (Å²) in [5.74, 6) is 0. The molecule has 4 nitrogen and oxygen atoms in total. The van der Waals surface area contributed by atoms with Crippen LogP contribution < -0.4 is 0 Å². The van der Waals surface area contributed by atoms with Gasteiger partial charge in [-0.15, -0.1) is 0 Å². The number of fused-ring (bicyclic) bond motifs is 1. The van der Waals surface area contributed by atoms with E-state index in [1.807, 2.05) is 6.92 Å². The van der Waals surface area contributed by atoms with Crippen molar-refractivity contribution in [2.45, 2.75) is 51.7 Å². The van der Waals surface area contributed by atoms with Gasteiger partial charge < -0.3 is 9.30 Å². The third-order valence-corrected chi connectivity index (χ3v) is 4.28. The molecule has 3 rings (SSSR count). The molecule has 20 heavy (non-hydrogen) atoms. The van der Waals surface area contributed by atoms with Crippen LogP contribution in [0.25, 0.3) is 11.0 Å². The van der Waals surface area contributed by atoms with E-state index in [9.17, 15) is 0 Å². The van der Waals surface area contributed by atoms with Gasteiger partial charge in [-0.3, -0.25) is 0 Å². The quantitative estimate of drug-likeness (QED) is 0.789. The predicted molar refractivity (Wildman–Crippen MR) is 80.1 cm³/mol. The Morgan fingerprint density at radius 1 is 1.45 bits per heavy atom. The average molecular weight is 294 g/mol. The molecule has 1 aliphatic carbocycles. The minimum absolute atomic E-state index is 0.0635. The van der Waals surface area contributed by atoms with Gasteiger partial charge in [0.15, 0.2) is 0 Å². The molecule has 1 saturated carbocycles. The number of aromatic nitrogens is 3. The van der Waals surface area contributed by atoms with Gasteiger partial charge in [-0.25, -0.2) is 4.98 Å². The molecule has 1 unspecified atom stereocenters. The molecule has 2 aromatic heterocycles. The fourth-order valence-corrected chi connectivity index (χ4v) is 3.33. The molecule has 0 aromatic carbocycles. The SMILES string of the molecule is CCOC(C)c1cc2cnc(Cl)nc2n1C1CCCC1. The Bertz CT molecular complexity index is 604. The molecule has 0 bridgehead atoms. The first-order valence-electron chi connectivity index (χ1n) is 7.35. The van der Waals surface area contributed by atoms with Gasteiger partial charge in [-0.05, 0) is 44.4 Å².